The molecular formula is C33H37N7O7S2. The molecule has 5 rings (SSSR count). The summed E-state index contributed by atoms with van der Waals surface area (Å²) in [5.41, 5.74) is 3.36. The number of rotatable bonds is 11. The van der Waals surface area contributed by atoms with E-state index in [1.54, 1.807) is 24.3 Å². The number of benzene rings is 3. The van der Waals surface area contributed by atoms with Crippen LogP contribution in [0.3, 0.4) is 0 Å². The molecule has 1 aromatic heterocycles. The summed E-state index contributed by atoms with van der Waals surface area (Å²) in [6, 6.07) is 16.6. The Morgan fingerprint density at radius 2 is 1.45 bits per heavy atom. The predicted octanol–water partition coefficient (Wildman–Crippen LogP) is 5.70. The highest BCUT2D eigenvalue weighted by Gasteiger charge is 2.35. The van der Waals surface area contributed by atoms with Crippen LogP contribution in [0.5, 0.6) is 0 Å². The summed E-state index contributed by atoms with van der Waals surface area (Å²) in [5, 5.41) is 11.8. The molecule has 2 heterocycles. The van der Waals surface area contributed by atoms with Gasteiger partial charge in [-0.1, -0.05) is 34.6 Å². The van der Waals surface area contributed by atoms with Gasteiger partial charge in [-0.2, -0.15) is 21.9 Å². The number of aliphatic imine (C=N–C) groups is 1. The lowest BCUT2D eigenvalue weighted by molar-refractivity contribution is 0.102. The molecule has 14 nitrogen and oxygen atoms in total. The molecule has 3 aromatic carbocycles. The molecule has 1 aliphatic heterocycles. The van der Waals surface area contributed by atoms with E-state index in [0.717, 1.165) is 55.2 Å². The summed E-state index contributed by atoms with van der Waals surface area (Å²) in [6.07, 6.45) is 2.11. The molecule has 0 aliphatic carbocycles. The number of aromatic nitrogens is 3. The molecule has 1 aliphatic rings. The Labute approximate surface area is 285 Å². The maximum Gasteiger partial charge on any atom is 0.294 e. The van der Waals surface area contributed by atoms with Gasteiger partial charge in [0.2, 0.25) is 5.82 Å². The highest BCUT2D eigenvalue weighted by atomic mass is 32.2. The van der Waals surface area contributed by atoms with Crippen LogP contribution >= 0.6 is 0 Å². The fourth-order valence-electron chi connectivity index (χ4n) is 5.18. The van der Waals surface area contributed by atoms with Gasteiger partial charge in [0.05, 0.1) is 21.2 Å². The third-order valence-electron chi connectivity index (χ3n) is 7.51. The standard InChI is InChI=1S/C33H37N7O7S2/c1-6-16-39(17-7-2)25-14-12-23(13-15-25)34-28-29(33(3,4)5)37-40-31(28)36-30(38-40)21-8-10-24(11-9-21)35-32(41)22-18-26(48(42,43)44)20-27(19-22)49(45,46)47/h8-15,18-20H,6-7,16-17H2,1-5H3,(H,35,41)(H,42,43,44)(H,45,46,47). The smallest absolute Gasteiger partial charge is 0.294 e. The van der Waals surface area contributed by atoms with E-state index < -0.39 is 41.5 Å². The zero-order valence-electron chi connectivity index (χ0n) is 27.6. The van der Waals surface area contributed by atoms with Crippen molar-refractivity contribution in [2.75, 3.05) is 23.3 Å². The number of amides is 1. The van der Waals surface area contributed by atoms with Gasteiger partial charge in [0.1, 0.15) is 5.71 Å². The summed E-state index contributed by atoms with van der Waals surface area (Å²) in [7, 11) is -9.77. The van der Waals surface area contributed by atoms with Crippen LogP contribution < -0.4 is 10.2 Å². The summed E-state index contributed by atoms with van der Waals surface area (Å²) in [4.78, 5) is 24.7. The van der Waals surface area contributed by atoms with Crippen LogP contribution in [0, 0.1) is 5.41 Å². The maximum atomic E-state index is 12.9. The first-order chi connectivity index (χ1) is 23.0. The van der Waals surface area contributed by atoms with Crippen molar-refractivity contribution in [2.24, 2.45) is 15.5 Å². The van der Waals surface area contributed by atoms with Crippen LogP contribution in [-0.4, -0.2) is 71.2 Å². The fourth-order valence-corrected chi connectivity index (χ4v) is 6.36. The van der Waals surface area contributed by atoms with Gasteiger partial charge in [0.15, 0.2) is 5.82 Å². The summed E-state index contributed by atoms with van der Waals surface area (Å²) in [6.45, 7) is 12.4. The average Bonchev–Trinajstić information content (AvgIpc) is 3.60. The molecule has 0 saturated carbocycles. The molecule has 0 bridgehead atoms. The largest absolute Gasteiger partial charge is 0.372 e. The summed E-state index contributed by atoms with van der Waals surface area (Å²) < 4.78 is 65.3. The van der Waals surface area contributed by atoms with Crippen LogP contribution in [0.15, 0.2) is 86.6 Å². The number of hydrogen-bond acceptors (Lipinski definition) is 10. The van der Waals surface area contributed by atoms with Gasteiger partial charge in [0, 0.05) is 41.0 Å². The first-order valence-corrected chi connectivity index (χ1v) is 18.4. The van der Waals surface area contributed by atoms with Crippen LogP contribution in [0.1, 0.15) is 63.6 Å². The lowest BCUT2D eigenvalue weighted by Crippen LogP contribution is -2.27. The van der Waals surface area contributed by atoms with E-state index >= 15 is 0 Å². The van der Waals surface area contributed by atoms with Crippen molar-refractivity contribution in [3.05, 3.63) is 78.1 Å². The Kier molecular flexibility index (Phi) is 9.88. The molecule has 3 N–H and O–H groups in total. The second kappa shape index (κ2) is 13.6. The van der Waals surface area contributed by atoms with Crippen LogP contribution in [0.2, 0.25) is 0 Å². The second-order valence-corrected chi connectivity index (χ2v) is 15.3. The van der Waals surface area contributed by atoms with Crippen molar-refractivity contribution >= 4 is 54.6 Å². The minimum absolute atomic E-state index is 0.279. The number of hydrogen-bond donors (Lipinski definition) is 3. The quantitative estimate of drug-likeness (QED) is 0.163. The maximum absolute atomic E-state index is 12.9. The van der Waals surface area contributed by atoms with E-state index in [1.807, 2.05) is 32.9 Å². The van der Waals surface area contributed by atoms with Crippen molar-refractivity contribution in [1.82, 2.24) is 14.9 Å². The molecule has 0 saturated heterocycles. The van der Waals surface area contributed by atoms with E-state index in [9.17, 15) is 30.7 Å². The summed E-state index contributed by atoms with van der Waals surface area (Å²) in [5.74, 6) is -0.0435. The SMILES string of the molecule is CCCN(CCC)c1ccc(N=C2C(C(C)(C)C)=Nn3nc(-c4ccc(NC(=O)c5cc(S(=O)(=O)O)cc(S(=O)(=O)O)c5)cc4)nc32)cc1. The number of nitrogens with one attached hydrogen (secondary N) is 1. The Bertz CT molecular complexity index is 2110. The lowest BCUT2D eigenvalue weighted by Gasteiger charge is -2.23. The first-order valence-electron chi connectivity index (χ1n) is 15.5. The molecule has 4 aromatic rings. The Morgan fingerprint density at radius 3 is 1.96 bits per heavy atom. The van der Waals surface area contributed by atoms with Crippen molar-refractivity contribution in [2.45, 2.75) is 57.3 Å². The third-order valence-corrected chi connectivity index (χ3v) is 9.18. The zero-order valence-corrected chi connectivity index (χ0v) is 29.2. The number of carbonyl (C=O) groups excluding carboxylic acids is 1. The van der Waals surface area contributed by atoms with E-state index in [1.165, 1.54) is 4.79 Å². The first kappa shape index (κ1) is 35.5. The average molecular weight is 708 g/mol. The van der Waals surface area contributed by atoms with Gasteiger partial charge in [-0.3, -0.25) is 13.9 Å². The van der Waals surface area contributed by atoms with Crippen LogP contribution in [0.25, 0.3) is 11.4 Å². The molecule has 0 unspecified atom stereocenters. The van der Waals surface area contributed by atoms with E-state index in [-0.39, 0.29) is 11.1 Å². The van der Waals surface area contributed by atoms with Crippen LogP contribution in [-0.2, 0) is 20.2 Å². The number of anilines is 2. The van der Waals surface area contributed by atoms with Crippen molar-refractivity contribution in [1.29, 1.82) is 0 Å². The molecule has 0 spiro atoms. The topological polar surface area (TPSA) is 197 Å². The van der Waals surface area contributed by atoms with Gasteiger partial charge >= 0.3 is 0 Å². The van der Waals surface area contributed by atoms with Gasteiger partial charge in [-0.25, -0.2) is 9.98 Å². The minimum atomic E-state index is -4.88. The Hall–Kier alpha value is -4.77. The molecule has 0 radical (unpaired) electrons. The molecular weight excluding hydrogens is 671 g/mol. The number of fused-ring (bicyclic) bond motifs is 1. The Morgan fingerprint density at radius 1 is 0.878 bits per heavy atom. The molecule has 0 atom stereocenters. The lowest BCUT2D eigenvalue weighted by atomic mass is 9.87. The Balaban J connectivity index is 1.40. The fraction of sp³-hybridized carbons (Fsp3) is 0.303. The van der Waals surface area contributed by atoms with Gasteiger partial charge in [0.25, 0.3) is 26.1 Å². The van der Waals surface area contributed by atoms with E-state index in [4.69, 9.17) is 15.1 Å². The zero-order chi connectivity index (χ0) is 35.7. The summed E-state index contributed by atoms with van der Waals surface area (Å²) >= 11 is 0. The number of carbonyl (C=O) groups is 1. The van der Waals surface area contributed by atoms with E-state index in [2.05, 4.69) is 41.3 Å². The molecule has 16 heteroatoms. The highest BCUT2D eigenvalue weighted by Crippen LogP contribution is 2.30. The minimum Gasteiger partial charge on any atom is -0.372 e. The van der Waals surface area contributed by atoms with Crippen molar-refractivity contribution in [3.63, 3.8) is 0 Å². The molecule has 258 valence electrons. The van der Waals surface area contributed by atoms with Gasteiger partial charge < -0.3 is 10.2 Å². The predicted molar refractivity (Wildman–Crippen MR) is 187 cm³/mol. The molecule has 1 amide bonds. The van der Waals surface area contributed by atoms with Gasteiger partial charge in [-0.05, 0) is 79.6 Å². The van der Waals surface area contributed by atoms with Gasteiger partial charge in [-0.15, -0.1) is 9.89 Å². The highest BCUT2D eigenvalue weighted by molar-refractivity contribution is 7.86. The second-order valence-electron chi connectivity index (χ2n) is 12.5. The normalized spacial score (nSPS) is 14.1. The molecule has 49 heavy (non-hydrogen) atoms. The third kappa shape index (κ3) is 8.10. The van der Waals surface area contributed by atoms with E-state index in [0.29, 0.717) is 29.0 Å². The van der Waals surface area contributed by atoms with Crippen molar-refractivity contribution < 1.29 is 30.7 Å². The number of nitrogens with zero attached hydrogens (tertiary/aromatic N) is 6. The van der Waals surface area contributed by atoms with Crippen LogP contribution in [0.4, 0.5) is 17.1 Å². The van der Waals surface area contributed by atoms with Crippen molar-refractivity contribution in [3.8, 4) is 11.4 Å². The molecule has 0 fully saturated rings. The monoisotopic (exact) mass is 707 g/mol.